The molecule has 6 heteroatoms. The lowest BCUT2D eigenvalue weighted by molar-refractivity contribution is -0.389. The summed E-state index contributed by atoms with van der Waals surface area (Å²) < 4.78 is 1.74. The number of rotatable bonds is 5. The Morgan fingerprint density at radius 1 is 1.62 bits per heavy atom. The zero-order valence-corrected chi connectivity index (χ0v) is 8.61. The van der Waals surface area contributed by atoms with E-state index in [4.69, 9.17) is 0 Å². The molecule has 0 aliphatic carbocycles. The minimum absolute atomic E-state index is 0.0844. The van der Waals surface area contributed by atoms with Crippen LogP contribution in [0.3, 0.4) is 0 Å². The lowest BCUT2D eigenvalue weighted by Crippen LogP contribution is -1.94. The molecule has 1 aromatic heterocycles. The van der Waals surface area contributed by atoms with E-state index in [0.717, 1.165) is 24.7 Å². The molecule has 1 aromatic rings. The summed E-state index contributed by atoms with van der Waals surface area (Å²) in [4.78, 5) is 13.4. The molecular formula is C7H10BrN3O2. The predicted molar refractivity (Wildman–Crippen MR) is 51.9 cm³/mol. The number of unbranched alkanes of at least 4 members (excludes halogenated alkanes) is 1. The van der Waals surface area contributed by atoms with Crippen LogP contribution < -0.4 is 0 Å². The molecular weight excluding hydrogens is 238 g/mol. The monoisotopic (exact) mass is 247 g/mol. The SMILES string of the molecule is O=[N+]([O-])c1cn(CCCCBr)cn1. The van der Waals surface area contributed by atoms with Crippen molar-refractivity contribution < 1.29 is 4.92 Å². The molecule has 13 heavy (non-hydrogen) atoms. The molecule has 0 bridgehead atoms. The highest BCUT2D eigenvalue weighted by Crippen LogP contribution is 2.06. The van der Waals surface area contributed by atoms with Crippen molar-refractivity contribution >= 4 is 21.7 Å². The molecule has 0 spiro atoms. The molecule has 0 aliphatic heterocycles. The molecule has 1 heterocycles. The van der Waals surface area contributed by atoms with Crippen molar-refractivity contribution in [2.45, 2.75) is 19.4 Å². The lowest BCUT2D eigenvalue weighted by Gasteiger charge is -1.96. The molecule has 0 aliphatic rings. The van der Waals surface area contributed by atoms with Crippen LogP contribution in [0.15, 0.2) is 12.5 Å². The van der Waals surface area contributed by atoms with Gasteiger partial charge in [0.25, 0.3) is 0 Å². The number of nitro groups is 1. The third-order valence-electron chi connectivity index (χ3n) is 1.61. The largest absolute Gasteiger partial charge is 0.381 e. The number of hydrogen-bond donors (Lipinski definition) is 0. The van der Waals surface area contributed by atoms with E-state index in [0.29, 0.717) is 0 Å². The summed E-state index contributed by atoms with van der Waals surface area (Å²) in [6, 6.07) is 0. The number of hydrogen-bond acceptors (Lipinski definition) is 3. The van der Waals surface area contributed by atoms with Crippen LogP contribution in [0.1, 0.15) is 12.8 Å². The van der Waals surface area contributed by atoms with Crippen molar-refractivity contribution in [1.29, 1.82) is 0 Å². The number of imidazole rings is 1. The third kappa shape index (κ3) is 3.14. The van der Waals surface area contributed by atoms with Gasteiger partial charge in [0.15, 0.2) is 0 Å². The van der Waals surface area contributed by atoms with Gasteiger partial charge < -0.3 is 14.7 Å². The van der Waals surface area contributed by atoms with Crippen LogP contribution in [0.5, 0.6) is 0 Å². The minimum atomic E-state index is -0.485. The molecule has 0 saturated carbocycles. The molecule has 72 valence electrons. The minimum Gasteiger partial charge on any atom is -0.358 e. The summed E-state index contributed by atoms with van der Waals surface area (Å²) in [7, 11) is 0. The highest BCUT2D eigenvalue weighted by atomic mass is 79.9. The van der Waals surface area contributed by atoms with Gasteiger partial charge in [-0.15, -0.1) is 0 Å². The normalized spacial score (nSPS) is 10.2. The van der Waals surface area contributed by atoms with E-state index < -0.39 is 4.92 Å². The average Bonchev–Trinajstić information content (AvgIpc) is 2.53. The molecule has 0 atom stereocenters. The smallest absolute Gasteiger partial charge is 0.358 e. The first-order chi connectivity index (χ1) is 6.24. The third-order valence-corrected chi connectivity index (χ3v) is 2.17. The second kappa shape index (κ2) is 4.96. The van der Waals surface area contributed by atoms with Gasteiger partial charge in [-0.2, -0.15) is 0 Å². The lowest BCUT2D eigenvalue weighted by atomic mass is 10.3. The van der Waals surface area contributed by atoms with Crippen LogP contribution in [0.25, 0.3) is 0 Å². The maximum absolute atomic E-state index is 10.3. The molecule has 0 saturated heterocycles. The van der Waals surface area contributed by atoms with Crippen molar-refractivity contribution in [3.8, 4) is 0 Å². The van der Waals surface area contributed by atoms with Gasteiger partial charge in [-0.3, -0.25) is 0 Å². The van der Waals surface area contributed by atoms with Gasteiger partial charge in [-0.05, 0) is 22.7 Å². The van der Waals surface area contributed by atoms with Gasteiger partial charge in [0.2, 0.25) is 6.33 Å². The van der Waals surface area contributed by atoms with E-state index in [1.165, 1.54) is 12.5 Å². The van der Waals surface area contributed by atoms with Crippen molar-refractivity contribution in [2.24, 2.45) is 0 Å². The van der Waals surface area contributed by atoms with Gasteiger partial charge in [-0.25, -0.2) is 0 Å². The average molecular weight is 248 g/mol. The van der Waals surface area contributed by atoms with E-state index in [-0.39, 0.29) is 5.82 Å². The molecule has 0 radical (unpaired) electrons. The van der Waals surface area contributed by atoms with Crippen LogP contribution in [0.4, 0.5) is 5.82 Å². The highest BCUT2D eigenvalue weighted by Gasteiger charge is 2.08. The van der Waals surface area contributed by atoms with Gasteiger partial charge in [0, 0.05) is 11.9 Å². The first-order valence-electron chi connectivity index (χ1n) is 3.96. The Labute approximate surface area is 84.1 Å². The number of aryl methyl sites for hydroxylation is 1. The summed E-state index contributed by atoms with van der Waals surface area (Å²) >= 11 is 3.32. The Bertz CT molecular complexity index is 287. The quantitative estimate of drug-likeness (QED) is 0.346. The van der Waals surface area contributed by atoms with E-state index in [1.54, 1.807) is 4.57 Å². The summed E-state index contributed by atoms with van der Waals surface area (Å²) in [5.74, 6) is -0.0844. The van der Waals surface area contributed by atoms with Crippen LogP contribution in [-0.2, 0) is 6.54 Å². The Balaban J connectivity index is 2.44. The summed E-state index contributed by atoms with van der Waals surface area (Å²) in [6.07, 6.45) is 5.01. The van der Waals surface area contributed by atoms with Crippen molar-refractivity contribution in [3.05, 3.63) is 22.6 Å². The fraction of sp³-hybridized carbons (Fsp3) is 0.571. The first kappa shape index (κ1) is 10.2. The molecule has 0 amide bonds. The highest BCUT2D eigenvalue weighted by molar-refractivity contribution is 9.09. The standard InChI is InChI=1S/C7H10BrN3O2/c8-3-1-2-4-10-5-7(9-6-10)11(12)13/h5-6H,1-4H2. The summed E-state index contributed by atoms with van der Waals surface area (Å²) in [5, 5.41) is 11.2. The van der Waals surface area contributed by atoms with Crippen molar-refractivity contribution in [1.82, 2.24) is 9.55 Å². The molecule has 0 fully saturated rings. The maximum atomic E-state index is 10.3. The second-order valence-electron chi connectivity index (χ2n) is 2.62. The molecule has 0 N–H and O–H groups in total. The first-order valence-corrected chi connectivity index (χ1v) is 5.08. The maximum Gasteiger partial charge on any atom is 0.381 e. The second-order valence-corrected chi connectivity index (χ2v) is 3.42. The summed E-state index contributed by atoms with van der Waals surface area (Å²) in [6.45, 7) is 0.784. The number of halogens is 1. The summed E-state index contributed by atoms with van der Waals surface area (Å²) in [5.41, 5.74) is 0. The zero-order valence-electron chi connectivity index (χ0n) is 7.02. The van der Waals surface area contributed by atoms with Gasteiger partial charge in [0.05, 0.1) is 0 Å². The van der Waals surface area contributed by atoms with Gasteiger partial charge in [0.1, 0.15) is 6.20 Å². The molecule has 0 aromatic carbocycles. The van der Waals surface area contributed by atoms with E-state index >= 15 is 0 Å². The predicted octanol–water partition coefficient (Wildman–Crippen LogP) is 1.97. The van der Waals surface area contributed by atoms with Crippen molar-refractivity contribution in [2.75, 3.05) is 5.33 Å². The van der Waals surface area contributed by atoms with Crippen molar-refractivity contribution in [3.63, 3.8) is 0 Å². The van der Waals surface area contributed by atoms with Crippen LogP contribution >= 0.6 is 15.9 Å². The van der Waals surface area contributed by atoms with Gasteiger partial charge in [-0.1, -0.05) is 15.9 Å². The van der Waals surface area contributed by atoms with Crippen LogP contribution in [-0.4, -0.2) is 19.8 Å². The zero-order chi connectivity index (χ0) is 9.68. The Morgan fingerprint density at radius 2 is 2.38 bits per heavy atom. The van der Waals surface area contributed by atoms with Gasteiger partial charge >= 0.3 is 5.82 Å². The fourth-order valence-electron chi connectivity index (χ4n) is 0.954. The van der Waals surface area contributed by atoms with E-state index in [1.807, 2.05) is 0 Å². The molecule has 5 nitrogen and oxygen atoms in total. The Hall–Kier alpha value is -0.910. The molecule has 1 rings (SSSR count). The Morgan fingerprint density at radius 3 is 2.92 bits per heavy atom. The fourth-order valence-corrected chi connectivity index (χ4v) is 1.35. The number of nitrogens with zero attached hydrogens (tertiary/aromatic N) is 3. The number of aromatic nitrogens is 2. The van der Waals surface area contributed by atoms with E-state index in [9.17, 15) is 10.1 Å². The topological polar surface area (TPSA) is 61.0 Å². The van der Waals surface area contributed by atoms with Crippen LogP contribution in [0.2, 0.25) is 0 Å². The Kier molecular flexibility index (Phi) is 3.88. The van der Waals surface area contributed by atoms with Crippen LogP contribution in [0, 0.1) is 10.1 Å². The number of alkyl halides is 1. The molecule has 0 unspecified atom stereocenters. The van der Waals surface area contributed by atoms with E-state index in [2.05, 4.69) is 20.9 Å².